The molecule has 2 aromatic rings. The van der Waals surface area contributed by atoms with Crippen molar-refractivity contribution in [1.29, 1.82) is 0 Å². The quantitative estimate of drug-likeness (QED) is 0.895. The molecule has 2 aromatic carbocycles. The second-order valence-corrected chi connectivity index (χ2v) is 5.05. The van der Waals surface area contributed by atoms with Crippen LogP contribution < -0.4 is 5.32 Å². The molecular formula is C16H16ClNO. The molecule has 0 bridgehead atoms. The van der Waals surface area contributed by atoms with Gasteiger partial charge >= 0.3 is 0 Å². The van der Waals surface area contributed by atoms with Gasteiger partial charge in [0, 0.05) is 10.6 Å². The molecule has 0 aliphatic carbocycles. The van der Waals surface area contributed by atoms with Crippen molar-refractivity contribution in [2.45, 2.75) is 19.9 Å². The van der Waals surface area contributed by atoms with Gasteiger partial charge < -0.3 is 5.32 Å². The van der Waals surface area contributed by atoms with E-state index in [1.165, 1.54) is 5.56 Å². The topological polar surface area (TPSA) is 29.1 Å². The summed E-state index contributed by atoms with van der Waals surface area (Å²) in [4.78, 5) is 12.1. The van der Waals surface area contributed by atoms with Crippen molar-refractivity contribution >= 4 is 17.5 Å². The molecule has 3 heteroatoms. The van der Waals surface area contributed by atoms with Crippen LogP contribution in [0.3, 0.4) is 0 Å². The van der Waals surface area contributed by atoms with Crippen molar-refractivity contribution in [2.24, 2.45) is 0 Å². The standard InChI is InChI=1S/C16H16ClNO/c1-11-6-8-13(9-7-11)12(2)18-16(19)14-4-3-5-15(17)10-14/h3-10,12H,1-2H3,(H,18,19)/t12-/m0/s1. The number of amides is 1. The average Bonchev–Trinajstić information content (AvgIpc) is 2.39. The molecule has 2 nitrogen and oxygen atoms in total. The van der Waals surface area contributed by atoms with Gasteiger partial charge in [-0.1, -0.05) is 47.5 Å². The molecule has 0 saturated heterocycles. The molecular weight excluding hydrogens is 258 g/mol. The first-order valence-electron chi connectivity index (χ1n) is 6.19. The van der Waals surface area contributed by atoms with Crippen molar-refractivity contribution < 1.29 is 4.79 Å². The van der Waals surface area contributed by atoms with Crippen LogP contribution >= 0.6 is 11.6 Å². The van der Waals surface area contributed by atoms with Gasteiger partial charge in [-0.05, 0) is 37.6 Å². The molecule has 0 aliphatic rings. The fourth-order valence-electron chi connectivity index (χ4n) is 1.85. The van der Waals surface area contributed by atoms with Crippen LogP contribution in [0.2, 0.25) is 5.02 Å². The molecule has 0 spiro atoms. The Morgan fingerprint density at radius 1 is 1.16 bits per heavy atom. The van der Waals surface area contributed by atoms with Gasteiger partial charge in [-0.2, -0.15) is 0 Å². The minimum atomic E-state index is -0.115. The van der Waals surface area contributed by atoms with E-state index in [2.05, 4.69) is 5.32 Å². The van der Waals surface area contributed by atoms with E-state index in [0.29, 0.717) is 10.6 Å². The third kappa shape index (κ3) is 3.58. The lowest BCUT2D eigenvalue weighted by Crippen LogP contribution is -2.26. The molecule has 0 aromatic heterocycles. The van der Waals surface area contributed by atoms with E-state index in [1.807, 2.05) is 38.1 Å². The van der Waals surface area contributed by atoms with Gasteiger partial charge in [-0.15, -0.1) is 0 Å². The lowest BCUT2D eigenvalue weighted by Gasteiger charge is -2.14. The number of rotatable bonds is 3. The zero-order chi connectivity index (χ0) is 13.8. The van der Waals surface area contributed by atoms with Crippen LogP contribution in [0, 0.1) is 6.92 Å². The summed E-state index contributed by atoms with van der Waals surface area (Å²) in [5.74, 6) is -0.115. The highest BCUT2D eigenvalue weighted by Crippen LogP contribution is 2.15. The average molecular weight is 274 g/mol. The van der Waals surface area contributed by atoms with Gasteiger partial charge in [0.05, 0.1) is 6.04 Å². The minimum absolute atomic E-state index is 0.0351. The van der Waals surface area contributed by atoms with Gasteiger partial charge in [-0.3, -0.25) is 4.79 Å². The zero-order valence-corrected chi connectivity index (χ0v) is 11.7. The first-order chi connectivity index (χ1) is 9.06. The van der Waals surface area contributed by atoms with Crippen LogP contribution in [-0.2, 0) is 0 Å². The maximum absolute atomic E-state index is 12.1. The summed E-state index contributed by atoms with van der Waals surface area (Å²) in [5, 5.41) is 3.53. The molecule has 0 radical (unpaired) electrons. The normalized spacial score (nSPS) is 11.9. The molecule has 0 saturated carbocycles. The second kappa shape index (κ2) is 5.89. The zero-order valence-electron chi connectivity index (χ0n) is 11.0. The van der Waals surface area contributed by atoms with Crippen LogP contribution in [0.5, 0.6) is 0 Å². The largest absolute Gasteiger partial charge is 0.346 e. The first-order valence-corrected chi connectivity index (χ1v) is 6.57. The number of aryl methyl sites for hydroxylation is 1. The Bertz CT molecular complexity index is 578. The summed E-state index contributed by atoms with van der Waals surface area (Å²) in [5.41, 5.74) is 2.87. The van der Waals surface area contributed by atoms with Crippen molar-refractivity contribution in [1.82, 2.24) is 5.32 Å². The van der Waals surface area contributed by atoms with E-state index in [9.17, 15) is 4.79 Å². The van der Waals surface area contributed by atoms with E-state index in [1.54, 1.807) is 24.3 Å². The molecule has 0 aliphatic heterocycles. The summed E-state index contributed by atoms with van der Waals surface area (Å²) in [6.07, 6.45) is 0. The minimum Gasteiger partial charge on any atom is -0.346 e. The Morgan fingerprint density at radius 3 is 2.47 bits per heavy atom. The number of carbonyl (C=O) groups excluding carboxylic acids is 1. The Balaban J connectivity index is 2.08. The summed E-state index contributed by atoms with van der Waals surface area (Å²) in [6, 6.07) is 15.0. The number of nitrogens with one attached hydrogen (secondary N) is 1. The molecule has 1 amide bonds. The summed E-state index contributed by atoms with van der Waals surface area (Å²) < 4.78 is 0. The molecule has 0 unspecified atom stereocenters. The fourth-order valence-corrected chi connectivity index (χ4v) is 2.04. The summed E-state index contributed by atoms with van der Waals surface area (Å²) in [7, 11) is 0. The van der Waals surface area contributed by atoms with Crippen LogP contribution in [0.25, 0.3) is 0 Å². The lowest BCUT2D eigenvalue weighted by atomic mass is 10.1. The molecule has 0 heterocycles. The van der Waals surface area contributed by atoms with Crippen molar-refractivity contribution in [3.8, 4) is 0 Å². The van der Waals surface area contributed by atoms with Crippen molar-refractivity contribution in [2.75, 3.05) is 0 Å². The van der Waals surface area contributed by atoms with Gasteiger partial charge in [0.25, 0.3) is 5.91 Å². The number of hydrogen-bond acceptors (Lipinski definition) is 1. The van der Waals surface area contributed by atoms with Crippen LogP contribution in [0.4, 0.5) is 0 Å². The van der Waals surface area contributed by atoms with Gasteiger partial charge in [0.2, 0.25) is 0 Å². The van der Waals surface area contributed by atoms with E-state index in [-0.39, 0.29) is 11.9 Å². The molecule has 19 heavy (non-hydrogen) atoms. The molecule has 2 rings (SSSR count). The highest BCUT2D eigenvalue weighted by Gasteiger charge is 2.11. The third-order valence-corrected chi connectivity index (χ3v) is 3.25. The summed E-state index contributed by atoms with van der Waals surface area (Å²) in [6.45, 7) is 4.01. The van der Waals surface area contributed by atoms with Crippen LogP contribution in [0.15, 0.2) is 48.5 Å². The van der Waals surface area contributed by atoms with E-state index >= 15 is 0 Å². The first kappa shape index (κ1) is 13.6. The molecule has 0 fully saturated rings. The maximum atomic E-state index is 12.1. The van der Waals surface area contributed by atoms with E-state index in [0.717, 1.165) is 5.56 Å². The molecule has 1 N–H and O–H groups in total. The second-order valence-electron chi connectivity index (χ2n) is 4.62. The summed E-state index contributed by atoms with van der Waals surface area (Å²) >= 11 is 5.88. The predicted octanol–water partition coefficient (Wildman–Crippen LogP) is 4.14. The molecule has 98 valence electrons. The van der Waals surface area contributed by atoms with E-state index in [4.69, 9.17) is 11.6 Å². The van der Waals surface area contributed by atoms with E-state index < -0.39 is 0 Å². The fraction of sp³-hybridized carbons (Fsp3) is 0.188. The highest BCUT2D eigenvalue weighted by molar-refractivity contribution is 6.30. The van der Waals surface area contributed by atoms with Gasteiger partial charge in [-0.25, -0.2) is 0 Å². The third-order valence-electron chi connectivity index (χ3n) is 3.01. The van der Waals surface area contributed by atoms with Gasteiger partial charge in [0.15, 0.2) is 0 Å². The highest BCUT2D eigenvalue weighted by atomic mass is 35.5. The number of carbonyl (C=O) groups is 1. The number of hydrogen-bond donors (Lipinski definition) is 1. The van der Waals surface area contributed by atoms with Crippen LogP contribution in [0.1, 0.15) is 34.5 Å². The Hall–Kier alpha value is -1.80. The SMILES string of the molecule is Cc1ccc([C@H](C)NC(=O)c2cccc(Cl)c2)cc1. The number of halogens is 1. The molecule has 1 atom stereocenters. The van der Waals surface area contributed by atoms with Gasteiger partial charge in [0.1, 0.15) is 0 Å². The predicted molar refractivity (Wildman–Crippen MR) is 78.5 cm³/mol. The Kier molecular flexibility index (Phi) is 4.23. The van der Waals surface area contributed by atoms with Crippen LogP contribution in [-0.4, -0.2) is 5.91 Å². The van der Waals surface area contributed by atoms with Crippen molar-refractivity contribution in [3.63, 3.8) is 0 Å². The number of benzene rings is 2. The lowest BCUT2D eigenvalue weighted by molar-refractivity contribution is 0.0940. The Labute approximate surface area is 118 Å². The Morgan fingerprint density at radius 2 is 1.84 bits per heavy atom. The smallest absolute Gasteiger partial charge is 0.251 e. The van der Waals surface area contributed by atoms with Crippen molar-refractivity contribution in [3.05, 3.63) is 70.2 Å². The maximum Gasteiger partial charge on any atom is 0.251 e. The monoisotopic (exact) mass is 273 g/mol.